The fraction of sp³-hybridized carbons (Fsp3) is 0.312. The predicted molar refractivity (Wildman–Crippen MR) is 217 cm³/mol. The smallest absolute Gasteiger partial charge is 0.345 e. The first-order chi connectivity index (χ1) is 27.6. The molecular weight excluding hydrogens is 701 g/mol. The molecule has 1 saturated heterocycles. The topological polar surface area (TPSA) is 89.5 Å². The third-order valence-electron chi connectivity index (χ3n) is 10.2. The predicted octanol–water partition coefficient (Wildman–Crippen LogP) is 9.89. The third-order valence-corrected chi connectivity index (χ3v) is 10.2. The van der Waals surface area contributed by atoms with Gasteiger partial charge >= 0.3 is 11.9 Å². The zero-order valence-corrected chi connectivity index (χ0v) is 31.7. The molecule has 0 aromatic heterocycles. The molecule has 0 radical (unpaired) electrons. The molecule has 0 amide bonds. The lowest BCUT2D eigenvalue weighted by Crippen LogP contribution is -2.65. The van der Waals surface area contributed by atoms with E-state index < -0.39 is 18.1 Å². The number of aliphatic carboxylic acids is 1. The lowest BCUT2D eigenvalue weighted by Gasteiger charge is -2.47. The average molecular weight is 751 g/mol. The maximum absolute atomic E-state index is 10.8. The molecule has 8 nitrogen and oxygen atoms in total. The summed E-state index contributed by atoms with van der Waals surface area (Å²) in [5.41, 5.74) is 2.91. The second kappa shape index (κ2) is 19.2. The molecule has 1 fully saturated rings. The van der Waals surface area contributed by atoms with Gasteiger partial charge in [0.1, 0.15) is 23.0 Å². The van der Waals surface area contributed by atoms with Crippen molar-refractivity contribution in [1.29, 1.82) is 0 Å². The molecule has 0 saturated carbocycles. The van der Waals surface area contributed by atoms with E-state index in [1.807, 2.05) is 127 Å². The molecule has 3 unspecified atom stereocenters. The zero-order valence-electron chi connectivity index (χ0n) is 31.7. The van der Waals surface area contributed by atoms with E-state index in [1.54, 1.807) is 0 Å². The molecule has 2 N–H and O–H groups in total. The van der Waals surface area contributed by atoms with Crippen LogP contribution in [0.25, 0.3) is 0 Å². The first-order valence-electron chi connectivity index (χ1n) is 19.8. The van der Waals surface area contributed by atoms with Gasteiger partial charge in [-0.15, -0.1) is 0 Å². The molecule has 288 valence electrons. The quantitative estimate of drug-likeness (QED) is 0.0552. The molecule has 5 aromatic carbocycles. The Kier molecular flexibility index (Phi) is 13.2. The second-order valence-corrected chi connectivity index (χ2v) is 14.3. The van der Waals surface area contributed by atoms with Gasteiger partial charge in [0, 0.05) is 24.9 Å². The highest BCUT2D eigenvalue weighted by molar-refractivity contribution is 5.66. The first-order valence-corrected chi connectivity index (χ1v) is 19.8. The maximum atomic E-state index is 10.8. The molecule has 7 rings (SSSR count). The van der Waals surface area contributed by atoms with Crippen LogP contribution in [-0.4, -0.2) is 34.5 Å². The molecule has 0 bridgehead atoms. The van der Waals surface area contributed by atoms with E-state index in [-0.39, 0.29) is 18.7 Å². The van der Waals surface area contributed by atoms with Gasteiger partial charge in [-0.05, 0) is 91.9 Å². The van der Waals surface area contributed by atoms with Crippen molar-refractivity contribution in [1.82, 2.24) is 10.2 Å². The number of carboxylic acids is 1. The van der Waals surface area contributed by atoms with Crippen molar-refractivity contribution in [3.8, 4) is 34.8 Å². The highest BCUT2D eigenvalue weighted by Gasteiger charge is 2.56. The van der Waals surface area contributed by atoms with Crippen LogP contribution in [0, 0.1) is 11.8 Å². The van der Waals surface area contributed by atoms with Gasteiger partial charge in [0.05, 0.1) is 11.6 Å². The van der Waals surface area contributed by atoms with Crippen molar-refractivity contribution >= 4 is 5.97 Å². The Hall–Kier alpha value is -5.75. The number of unbranched alkanes of at least 4 members (excludes halogenated alkanes) is 6. The Morgan fingerprint density at radius 2 is 1.21 bits per heavy atom. The minimum Gasteiger partial charge on any atom is -0.481 e. The third kappa shape index (κ3) is 9.91. The summed E-state index contributed by atoms with van der Waals surface area (Å²) in [5, 5.41) is 12.6. The molecule has 2 aliphatic rings. The van der Waals surface area contributed by atoms with Crippen molar-refractivity contribution in [2.24, 2.45) is 0 Å². The van der Waals surface area contributed by atoms with Gasteiger partial charge in [-0.2, -0.15) is 0 Å². The first kappa shape index (κ1) is 38.5. The summed E-state index contributed by atoms with van der Waals surface area (Å²) < 4.78 is 27.6. The largest absolute Gasteiger partial charge is 0.481 e. The summed E-state index contributed by atoms with van der Waals surface area (Å²) in [6, 6.07) is 45.5. The summed E-state index contributed by atoms with van der Waals surface area (Å²) in [4.78, 5) is 13.1. The molecule has 8 heteroatoms. The van der Waals surface area contributed by atoms with E-state index in [4.69, 9.17) is 24.1 Å². The highest BCUT2D eigenvalue weighted by Crippen LogP contribution is 2.46. The van der Waals surface area contributed by atoms with Crippen molar-refractivity contribution in [2.75, 3.05) is 0 Å². The molecule has 3 atom stereocenters. The fourth-order valence-electron chi connectivity index (χ4n) is 7.52. The monoisotopic (exact) mass is 750 g/mol. The Morgan fingerprint density at radius 1 is 0.661 bits per heavy atom. The number of carboxylic acid groups (broad SMARTS) is 1. The Balaban J connectivity index is 1.21. The van der Waals surface area contributed by atoms with Gasteiger partial charge in [0.25, 0.3) is 0 Å². The van der Waals surface area contributed by atoms with Gasteiger partial charge in [0.15, 0.2) is 12.5 Å². The Bertz CT molecular complexity index is 1990. The number of hydrogen-bond acceptors (Lipinski definition) is 7. The van der Waals surface area contributed by atoms with E-state index in [0.717, 1.165) is 86.0 Å². The minimum atomic E-state index is -1.37. The number of nitrogens with zero attached hydrogens (tertiary/aromatic N) is 1. The van der Waals surface area contributed by atoms with Gasteiger partial charge in [-0.1, -0.05) is 116 Å². The molecular formula is C48H50N2O6. The van der Waals surface area contributed by atoms with Gasteiger partial charge < -0.3 is 24.1 Å². The van der Waals surface area contributed by atoms with Crippen LogP contribution in [-0.2, 0) is 17.3 Å². The number of nitrogens with one attached hydrogen (secondary N) is 1. The van der Waals surface area contributed by atoms with E-state index >= 15 is 0 Å². The Morgan fingerprint density at radius 3 is 1.82 bits per heavy atom. The van der Waals surface area contributed by atoms with E-state index in [9.17, 15) is 4.79 Å². The number of ether oxygens (including phenoxy) is 4. The summed E-state index contributed by atoms with van der Waals surface area (Å²) >= 11 is 0. The molecule has 2 aliphatic heterocycles. The van der Waals surface area contributed by atoms with Crippen LogP contribution in [0.2, 0.25) is 0 Å². The maximum Gasteiger partial charge on any atom is 0.345 e. The van der Waals surface area contributed by atoms with Crippen LogP contribution in [0.3, 0.4) is 0 Å². The van der Waals surface area contributed by atoms with Crippen LogP contribution in [0.1, 0.15) is 80.9 Å². The summed E-state index contributed by atoms with van der Waals surface area (Å²) in [6.07, 6.45) is 7.64. The summed E-state index contributed by atoms with van der Waals surface area (Å²) in [5.74, 6) is 7.79. The van der Waals surface area contributed by atoms with E-state index in [1.165, 1.54) is 0 Å². The number of rotatable bonds is 17. The molecule has 2 heterocycles. The Labute approximate surface area is 330 Å². The summed E-state index contributed by atoms with van der Waals surface area (Å²) in [6.45, 7) is 0.515. The van der Waals surface area contributed by atoms with Gasteiger partial charge in [-0.3, -0.25) is 4.79 Å². The fourth-order valence-corrected chi connectivity index (χ4v) is 7.52. The number of piperidine rings is 1. The lowest BCUT2D eigenvalue weighted by molar-refractivity contribution is -0.254. The van der Waals surface area contributed by atoms with E-state index in [0.29, 0.717) is 18.0 Å². The van der Waals surface area contributed by atoms with Crippen molar-refractivity contribution in [2.45, 2.75) is 95.2 Å². The number of para-hydroxylation sites is 4. The molecule has 5 aromatic rings. The number of carbonyl (C=O) groups is 1. The number of fused-ring (bicyclic) bond motifs is 1. The normalized spacial score (nSPS) is 18.5. The van der Waals surface area contributed by atoms with E-state index in [2.05, 4.69) is 34.2 Å². The van der Waals surface area contributed by atoms with Crippen LogP contribution < -0.4 is 24.3 Å². The van der Waals surface area contributed by atoms with Crippen LogP contribution >= 0.6 is 0 Å². The van der Waals surface area contributed by atoms with Crippen molar-refractivity contribution in [3.05, 3.63) is 156 Å². The lowest BCUT2D eigenvalue weighted by atomic mass is 10.0. The highest BCUT2D eigenvalue weighted by atomic mass is 16.7. The molecule has 0 aliphatic carbocycles. The number of hydrogen-bond donors (Lipinski definition) is 2. The van der Waals surface area contributed by atoms with Crippen LogP contribution in [0.5, 0.6) is 23.0 Å². The zero-order chi connectivity index (χ0) is 38.4. The molecule has 56 heavy (non-hydrogen) atoms. The SMILES string of the molecule is O=C(O)CCCCCCCCC#Cc1cccc2c1CN(C1CCC(Oc3ccccc3)NC1Oc1ccccc1)C2(Oc1ccccc1)Oc1ccccc1. The van der Waals surface area contributed by atoms with Crippen LogP contribution in [0.4, 0.5) is 0 Å². The van der Waals surface area contributed by atoms with Crippen molar-refractivity contribution in [3.63, 3.8) is 0 Å². The second-order valence-electron chi connectivity index (χ2n) is 14.3. The van der Waals surface area contributed by atoms with Crippen molar-refractivity contribution < 1.29 is 28.8 Å². The van der Waals surface area contributed by atoms with Gasteiger partial charge in [0.2, 0.25) is 0 Å². The minimum absolute atomic E-state index is 0.220. The van der Waals surface area contributed by atoms with Crippen LogP contribution in [0.15, 0.2) is 140 Å². The van der Waals surface area contributed by atoms with Gasteiger partial charge in [-0.25, -0.2) is 10.2 Å². The average Bonchev–Trinajstić information content (AvgIpc) is 3.53. The standard InChI is InChI=1S/C48H50N2O6/c51-46(52)33-20-6-4-2-1-3-5-11-22-37-23-21-32-43-42(37)36-50(48(43,55-40-28-16-9-17-29-40)56-41-30-18-10-19-31-41)44-34-35-45(53-38-24-12-7-13-25-38)49-47(44)54-39-26-14-8-15-27-39/h7-10,12-19,21,23-32,44-45,47,49H,1-6,20,33-36H2,(H,51,52). The summed E-state index contributed by atoms with van der Waals surface area (Å²) in [7, 11) is 0. The molecule has 0 spiro atoms. The number of benzene rings is 5.